The van der Waals surface area contributed by atoms with E-state index in [4.69, 9.17) is 0 Å². The second-order valence-electron chi connectivity index (χ2n) is 10.4. The van der Waals surface area contributed by atoms with Crippen LogP contribution in [0.25, 0.3) is 11.8 Å². The molecule has 0 spiro atoms. The number of benzene rings is 1. The van der Waals surface area contributed by atoms with Gasteiger partial charge in [-0.3, -0.25) is 9.78 Å². The topological polar surface area (TPSA) is 113 Å². The number of ketones is 1. The van der Waals surface area contributed by atoms with Gasteiger partial charge in [0.05, 0.1) is 46.5 Å². The number of aryl methyl sites for hydroxylation is 1. The van der Waals surface area contributed by atoms with Crippen LogP contribution in [-0.2, 0) is 29.0 Å². The Balaban J connectivity index is 1.44. The van der Waals surface area contributed by atoms with Crippen molar-refractivity contribution >= 4 is 21.7 Å². The molecule has 0 aliphatic heterocycles. The molecule has 1 saturated carbocycles. The van der Waals surface area contributed by atoms with E-state index in [0.29, 0.717) is 35.3 Å². The predicted octanol–water partition coefficient (Wildman–Crippen LogP) is 4.87. The molecule has 0 saturated heterocycles. The fourth-order valence-electron chi connectivity index (χ4n) is 5.79. The van der Waals surface area contributed by atoms with Gasteiger partial charge in [-0.1, -0.05) is 5.57 Å². The van der Waals surface area contributed by atoms with E-state index in [9.17, 15) is 30.8 Å². The molecule has 1 aromatic carbocycles. The van der Waals surface area contributed by atoms with Crippen LogP contribution in [0.15, 0.2) is 65.6 Å². The average molecular weight is 601 g/mol. The van der Waals surface area contributed by atoms with Gasteiger partial charge in [-0.2, -0.15) is 28.2 Å². The zero-order chi connectivity index (χ0) is 29.9. The van der Waals surface area contributed by atoms with Crippen LogP contribution in [0.5, 0.6) is 0 Å². The molecule has 0 unspecified atom stereocenters. The summed E-state index contributed by atoms with van der Waals surface area (Å²) in [5.74, 6) is -0.981. The van der Waals surface area contributed by atoms with Crippen LogP contribution >= 0.6 is 0 Å². The summed E-state index contributed by atoms with van der Waals surface area (Å²) in [4.78, 5) is 19.3. The monoisotopic (exact) mass is 600 g/mol. The molecule has 0 N–H and O–H groups in total. The largest absolute Gasteiger partial charge is 0.417 e. The number of allylic oxidation sites excluding steroid dienone is 1. The molecule has 2 atom stereocenters. The third-order valence-corrected chi connectivity index (χ3v) is 10.0. The number of rotatable bonds is 6. The Kier molecular flexibility index (Phi) is 6.63. The van der Waals surface area contributed by atoms with Crippen molar-refractivity contribution in [2.45, 2.75) is 55.6 Å². The Hall–Kier alpha value is -4.20. The standard InChI is InChI=1S/C28H24F4N6O3S/c1-2-37-34-16-25(36-37)42(40,41)22-9-3-18-11-24-17(14-35-38(24)21-7-5-20(29)6-8-21)12-27(18,13-22)26(39)23-10-4-19(15-33-23)28(30,31)32/h4-8,10-11,14-16,22H,2-3,9,12-13H2,1H3/t22-,27-/m0/s1. The average Bonchev–Trinajstić information content (AvgIpc) is 3.63. The smallest absolute Gasteiger partial charge is 0.291 e. The van der Waals surface area contributed by atoms with Gasteiger partial charge >= 0.3 is 6.18 Å². The number of pyridine rings is 1. The normalized spacial score (nSPS) is 20.5. The third-order valence-electron chi connectivity index (χ3n) is 7.97. The Labute approximate surface area is 237 Å². The van der Waals surface area contributed by atoms with Crippen LogP contribution in [0.4, 0.5) is 17.6 Å². The molecule has 2 aliphatic carbocycles. The number of carbonyl (C=O) groups is 1. The molecule has 2 aliphatic rings. The molecule has 0 bridgehead atoms. The van der Waals surface area contributed by atoms with Crippen LogP contribution in [0.3, 0.4) is 0 Å². The molecule has 218 valence electrons. The van der Waals surface area contributed by atoms with E-state index in [1.54, 1.807) is 36.0 Å². The molecular formula is C28H24F4N6O3S. The highest BCUT2D eigenvalue weighted by Crippen LogP contribution is 2.51. The zero-order valence-corrected chi connectivity index (χ0v) is 23.0. The van der Waals surface area contributed by atoms with Crippen molar-refractivity contribution in [1.82, 2.24) is 29.8 Å². The van der Waals surface area contributed by atoms with Gasteiger partial charge in [-0.25, -0.2) is 17.5 Å². The summed E-state index contributed by atoms with van der Waals surface area (Å²) in [5.41, 5.74) is -0.0685. The maximum Gasteiger partial charge on any atom is 0.417 e. The molecule has 42 heavy (non-hydrogen) atoms. The van der Waals surface area contributed by atoms with Gasteiger partial charge in [-0.15, -0.1) is 5.10 Å². The quantitative estimate of drug-likeness (QED) is 0.229. The maximum absolute atomic E-state index is 14.2. The van der Waals surface area contributed by atoms with E-state index in [1.807, 2.05) is 0 Å². The first-order chi connectivity index (χ1) is 19.9. The molecule has 3 aromatic heterocycles. The highest BCUT2D eigenvalue weighted by Gasteiger charge is 2.52. The summed E-state index contributed by atoms with van der Waals surface area (Å²) in [7, 11) is -4.00. The number of alkyl halides is 3. The molecule has 14 heteroatoms. The highest BCUT2D eigenvalue weighted by atomic mass is 32.2. The van der Waals surface area contributed by atoms with Gasteiger partial charge in [0, 0.05) is 6.20 Å². The molecule has 3 heterocycles. The first kappa shape index (κ1) is 27.9. The van der Waals surface area contributed by atoms with Crippen LogP contribution in [0.1, 0.15) is 53.5 Å². The number of carbonyl (C=O) groups excluding carboxylic acids is 1. The Morgan fingerprint density at radius 3 is 2.48 bits per heavy atom. The first-order valence-electron chi connectivity index (χ1n) is 13.2. The molecule has 4 aromatic rings. The molecule has 1 fully saturated rings. The fourth-order valence-corrected chi connectivity index (χ4v) is 7.47. The van der Waals surface area contributed by atoms with Crippen LogP contribution in [0, 0.1) is 11.2 Å². The molecular weight excluding hydrogens is 576 g/mol. The Bertz CT molecular complexity index is 1810. The molecule has 6 rings (SSSR count). The number of Topliss-reactive ketones (excluding diaryl/α,β-unsaturated/α-hetero) is 1. The van der Waals surface area contributed by atoms with E-state index in [-0.39, 0.29) is 36.4 Å². The van der Waals surface area contributed by atoms with Crippen molar-refractivity contribution in [3.8, 4) is 5.69 Å². The van der Waals surface area contributed by atoms with Crippen LogP contribution < -0.4 is 0 Å². The van der Waals surface area contributed by atoms with E-state index in [2.05, 4.69) is 20.3 Å². The van der Waals surface area contributed by atoms with Gasteiger partial charge in [0.25, 0.3) is 0 Å². The number of hydrogen-bond acceptors (Lipinski definition) is 7. The lowest BCUT2D eigenvalue weighted by Crippen LogP contribution is -2.46. The number of aromatic nitrogens is 6. The number of sulfone groups is 1. The van der Waals surface area contributed by atoms with Crippen molar-refractivity contribution in [2.24, 2.45) is 5.41 Å². The zero-order valence-electron chi connectivity index (χ0n) is 22.2. The Morgan fingerprint density at radius 1 is 1.07 bits per heavy atom. The van der Waals surface area contributed by atoms with Gasteiger partial charge in [0.2, 0.25) is 9.84 Å². The summed E-state index contributed by atoms with van der Waals surface area (Å²) in [6.45, 7) is 2.14. The first-order valence-corrected chi connectivity index (χ1v) is 14.7. The molecule has 0 amide bonds. The summed E-state index contributed by atoms with van der Waals surface area (Å²) < 4.78 is 82.1. The van der Waals surface area contributed by atoms with Crippen LogP contribution in [0.2, 0.25) is 0 Å². The van der Waals surface area contributed by atoms with Crippen molar-refractivity contribution in [3.63, 3.8) is 0 Å². The summed E-state index contributed by atoms with van der Waals surface area (Å²) in [6.07, 6.45) is 0.865. The maximum atomic E-state index is 14.2. The van der Waals surface area contributed by atoms with Crippen molar-refractivity contribution in [1.29, 1.82) is 0 Å². The minimum absolute atomic E-state index is 0.0601. The minimum atomic E-state index is -4.63. The van der Waals surface area contributed by atoms with E-state index in [0.717, 1.165) is 12.1 Å². The minimum Gasteiger partial charge on any atom is -0.291 e. The summed E-state index contributed by atoms with van der Waals surface area (Å²) in [5, 5.41) is 11.3. The SMILES string of the molecule is CCn1ncc(S(=O)(=O)[C@H]2CCC3=Cc4c(cnn4-c4ccc(F)cc4)C[C@]3(C(=O)c3ccc(C(F)(F)F)cn3)C2)n1. The second-order valence-corrected chi connectivity index (χ2v) is 12.6. The fraction of sp³-hybridized carbons (Fsp3) is 0.321. The van der Waals surface area contributed by atoms with Crippen molar-refractivity contribution < 1.29 is 30.8 Å². The third kappa shape index (κ3) is 4.63. The van der Waals surface area contributed by atoms with Crippen LogP contribution in [-0.4, -0.2) is 49.2 Å². The van der Waals surface area contributed by atoms with Gasteiger partial charge in [0.15, 0.2) is 10.8 Å². The van der Waals surface area contributed by atoms with Gasteiger partial charge in [0.1, 0.15) is 11.5 Å². The van der Waals surface area contributed by atoms with E-state index < -0.39 is 43.8 Å². The molecule has 0 radical (unpaired) electrons. The lowest BCUT2D eigenvalue weighted by Gasteiger charge is -2.43. The lowest BCUT2D eigenvalue weighted by molar-refractivity contribution is -0.137. The highest BCUT2D eigenvalue weighted by molar-refractivity contribution is 7.92. The predicted molar refractivity (Wildman–Crippen MR) is 142 cm³/mol. The number of nitrogens with zero attached hydrogens (tertiary/aromatic N) is 6. The second kappa shape index (κ2) is 9.96. The van der Waals surface area contributed by atoms with E-state index >= 15 is 0 Å². The summed E-state index contributed by atoms with van der Waals surface area (Å²) in [6, 6.07) is 7.55. The van der Waals surface area contributed by atoms with Crippen molar-refractivity contribution in [3.05, 3.63) is 88.9 Å². The number of hydrogen-bond donors (Lipinski definition) is 0. The van der Waals surface area contributed by atoms with Gasteiger partial charge in [-0.05, 0) is 80.6 Å². The van der Waals surface area contributed by atoms with Gasteiger partial charge < -0.3 is 0 Å². The van der Waals surface area contributed by atoms with Crippen molar-refractivity contribution in [2.75, 3.05) is 0 Å². The number of halogens is 4. The molecule has 9 nitrogen and oxygen atoms in total. The number of fused-ring (bicyclic) bond motifs is 2. The Morgan fingerprint density at radius 2 is 1.83 bits per heavy atom. The summed E-state index contributed by atoms with van der Waals surface area (Å²) >= 11 is 0. The lowest BCUT2D eigenvalue weighted by atomic mass is 9.61. The van der Waals surface area contributed by atoms with E-state index in [1.165, 1.54) is 23.1 Å².